The van der Waals surface area contributed by atoms with E-state index in [0.29, 0.717) is 31.3 Å². The van der Waals surface area contributed by atoms with Gasteiger partial charge in [-0.15, -0.1) is 11.3 Å². The number of β-amino-alcohol motifs (C(OH)–C–C–N with tert-alkyl or cyclic N) is 1. The van der Waals surface area contributed by atoms with Crippen LogP contribution in [0, 0.1) is 11.3 Å². The lowest BCUT2D eigenvalue weighted by atomic mass is 9.74. The van der Waals surface area contributed by atoms with E-state index in [0.717, 1.165) is 18.0 Å². The van der Waals surface area contributed by atoms with Crippen LogP contribution in [0.5, 0.6) is 0 Å². The van der Waals surface area contributed by atoms with Crippen molar-refractivity contribution in [1.82, 2.24) is 9.88 Å². The number of likely N-dealkylation sites (tertiary alicyclic amines) is 1. The van der Waals surface area contributed by atoms with Crippen molar-refractivity contribution < 1.29 is 14.6 Å². The van der Waals surface area contributed by atoms with Crippen molar-refractivity contribution in [3.8, 4) is 0 Å². The molecular weight excluding hydrogens is 300 g/mol. The molecule has 0 aliphatic carbocycles. The number of nitrogens with zero attached hydrogens (tertiary/aromatic N) is 2. The Kier molecular flexibility index (Phi) is 5.58. The zero-order valence-electron chi connectivity index (χ0n) is 13.8. The summed E-state index contributed by atoms with van der Waals surface area (Å²) in [6, 6.07) is 0. The molecule has 1 aromatic heterocycles. The normalized spacial score (nSPS) is 23.5. The monoisotopic (exact) mass is 326 g/mol. The zero-order chi connectivity index (χ0) is 16.3. The fraction of sp³-hybridized carbons (Fsp3) is 0.750. The van der Waals surface area contributed by atoms with E-state index in [2.05, 4.69) is 30.7 Å². The van der Waals surface area contributed by atoms with Crippen molar-refractivity contribution in [2.24, 2.45) is 11.3 Å². The van der Waals surface area contributed by atoms with E-state index in [-0.39, 0.29) is 17.5 Å². The van der Waals surface area contributed by atoms with Crippen LogP contribution >= 0.6 is 11.3 Å². The third kappa shape index (κ3) is 4.27. The average Bonchev–Trinajstić information content (AvgIpc) is 2.86. The van der Waals surface area contributed by atoms with Crippen LogP contribution in [0.4, 0.5) is 0 Å². The van der Waals surface area contributed by atoms with Gasteiger partial charge in [0.05, 0.1) is 19.3 Å². The van der Waals surface area contributed by atoms with E-state index in [1.807, 2.05) is 0 Å². The molecule has 0 amide bonds. The quantitative estimate of drug-likeness (QED) is 0.862. The van der Waals surface area contributed by atoms with Crippen molar-refractivity contribution in [2.75, 3.05) is 19.7 Å². The van der Waals surface area contributed by atoms with Crippen LogP contribution in [-0.2, 0) is 11.3 Å². The second-order valence-corrected chi connectivity index (χ2v) is 7.85. The van der Waals surface area contributed by atoms with Crippen molar-refractivity contribution >= 4 is 17.3 Å². The first-order valence-electron chi connectivity index (χ1n) is 7.83. The second-order valence-electron chi connectivity index (χ2n) is 6.91. The highest BCUT2D eigenvalue weighted by molar-refractivity contribution is 7.09. The number of ether oxygens (including phenoxy) is 1. The van der Waals surface area contributed by atoms with Crippen LogP contribution in [0.3, 0.4) is 0 Å². The van der Waals surface area contributed by atoms with Crippen molar-refractivity contribution in [3.63, 3.8) is 0 Å². The molecule has 6 heteroatoms. The lowest BCUT2D eigenvalue weighted by Gasteiger charge is -2.42. The molecule has 2 rings (SSSR count). The predicted molar refractivity (Wildman–Crippen MR) is 86.9 cm³/mol. The zero-order valence-corrected chi connectivity index (χ0v) is 14.7. The van der Waals surface area contributed by atoms with Gasteiger partial charge in [0.1, 0.15) is 5.01 Å². The Hall–Kier alpha value is -0.980. The molecule has 124 valence electrons. The highest BCUT2D eigenvalue weighted by atomic mass is 32.1. The Balaban J connectivity index is 1.92. The second kappa shape index (κ2) is 7.06. The molecular formula is C16H26N2O3S. The number of aromatic nitrogens is 1. The number of rotatable bonds is 4. The van der Waals surface area contributed by atoms with Gasteiger partial charge in [0.15, 0.2) is 5.69 Å². The van der Waals surface area contributed by atoms with Crippen molar-refractivity contribution in [3.05, 3.63) is 16.1 Å². The highest BCUT2D eigenvalue weighted by Crippen LogP contribution is 2.35. The Labute approximate surface area is 136 Å². The van der Waals surface area contributed by atoms with Crippen molar-refractivity contribution in [2.45, 2.75) is 46.8 Å². The number of thiazole rings is 1. The average molecular weight is 326 g/mol. The highest BCUT2D eigenvalue weighted by Gasteiger charge is 2.35. The molecule has 5 nitrogen and oxygen atoms in total. The van der Waals surface area contributed by atoms with Crippen LogP contribution in [0.15, 0.2) is 5.38 Å². The Morgan fingerprint density at radius 3 is 2.86 bits per heavy atom. The van der Waals surface area contributed by atoms with Crippen LogP contribution in [0.2, 0.25) is 0 Å². The van der Waals surface area contributed by atoms with Gasteiger partial charge >= 0.3 is 5.97 Å². The first-order valence-corrected chi connectivity index (χ1v) is 8.71. The van der Waals surface area contributed by atoms with Gasteiger partial charge in [-0.05, 0) is 31.2 Å². The summed E-state index contributed by atoms with van der Waals surface area (Å²) in [6.45, 7) is 11.0. The van der Waals surface area contributed by atoms with Crippen LogP contribution < -0.4 is 0 Å². The van der Waals surface area contributed by atoms with Crippen LogP contribution in [0.1, 0.15) is 49.6 Å². The van der Waals surface area contributed by atoms with E-state index in [1.165, 1.54) is 11.3 Å². The summed E-state index contributed by atoms with van der Waals surface area (Å²) in [4.78, 5) is 18.2. The van der Waals surface area contributed by atoms with Gasteiger partial charge < -0.3 is 9.84 Å². The summed E-state index contributed by atoms with van der Waals surface area (Å²) in [5.41, 5.74) is 0.510. The molecule has 1 aliphatic rings. The summed E-state index contributed by atoms with van der Waals surface area (Å²) in [5.74, 6) is -0.0355. The van der Waals surface area contributed by atoms with Gasteiger partial charge in [-0.2, -0.15) is 0 Å². The minimum Gasteiger partial charge on any atom is -0.461 e. The molecule has 2 atom stereocenters. The van der Waals surface area contributed by atoms with E-state index < -0.39 is 0 Å². The molecule has 0 radical (unpaired) electrons. The smallest absolute Gasteiger partial charge is 0.357 e. The Morgan fingerprint density at radius 2 is 2.27 bits per heavy atom. The predicted octanol–water partition coefficient (Wildman–Crippen LogP) is 2.55. The molecule has 1 aliphatic heterocycles. The number of hydrogen-bond acceptors (Lipinski definition) is 6. The lowest BCUT2D eigenvalue weighted by molar-refractivity contribution is -0.0265. The fourth-order valence-corrected chi connectivity index (χ4v) is 3.83. The van der Waals surface area contributed by atoms with Gasteiger partial charge in [0.25, 0.3) is 0 Å². The maximum atomic E-state index is 11.6. The first-order chi connectivity index (χ1) is 10.3. The third-order valence-corrected chi connectivity index (χ3v) is 5.01. The molecule has 22 heavy (non-hydrogen) atoms. The van der Waals surface area contributed by atoms with Gasteiger partial charge in [0, 0.05) is 11.9 Å². The molecule has 1 saturated heterocycles. The van der Waals surface area contributed by atoms with Crippen LogP contribution in [-0.4, -0.2) is 46.8 Å². The summed E-state index contributed by atoms with van der Waals surface area (Å²) >= 11 is 1.47. The number of esters is 1. The molecule has 0 aromatic carbocycles. The number of aliphatic hydroxyl groups is 1. The standard InChI is InChI=1S/C16H26N2O3S/c1-5-21-15(20)12-10-22-14(17-12)9-18-7-6-11(13(19)8-18)16(2,3)4/h10-11,13,19H,5-9H2,1-4H3. The van der Waals surface area contributed by atoms with Gasteiger partial charge in [-0.3, -0.25) is 4.90 Å². The first kappa shape index (κ1) is 17.4. The van der Waals surface area contributed by atoms with Gasteiger partial charge in [-0.1, -0.05) is 20.8 Å². The summed E-state index contributed by atoms with van der Waals surface area (Å²) in [6.07, 6.45) is 0.680. The topological polar surface area (TPSA) is 62.7 Å². The number of aliphatic hydroxyl groups excluding tert-OH is 1. The van der Waals surface area contributed by atoms with E-state index >= 15 is 0 Å². The minimum atomic E-state index is -0.364. The van der Waals surface area contributed by atoms with Crippen molar-refractivity contribution in [1.29, 1.82) is 0 Å². The van der Waals surface area contributed by atoms with E-state index in [4.69, 9.17) is 4.74 Å². The number of hydrogen-bond donors (Lipinski definition) is 1. The van der Waals surface area contributed by atoms with E-state index in [9.17, 15) is 9.90 Å². The lowest BCUT2D eigenvalue weighted by Crippen LogP contribution is -2.47. The molecule has 2 unspecified atom stereocenters. The number of carbonyl (C=O) groups excluding carboxylic acids is 1. The molecule has 0 saturated carbocycles. The maximum absolute atomic E-state index is 11.6. The van der Waals surface area contributed by atoms with Gasteiger partial charge in [0.2, 0.25) is 0 Å². The largest absolute Gasteiger partial charge is 0.461 e. The van der Waals surface area contributed by atoms with Gasteiger partial charge in [-0.25, -0.2) is 9.78 Å². The van der Waals surface area contributed by atoms with Crippen LogP contribution in [0.25, 0.3) is 0 Å². The molecule has 0 bridgehead atoms. The minimum absolute atomic E-state index is 0.129. The Bertz CT molecular complexity index is 510. The molecule has 1 N–H and O–H groups in total. The number of carbonyl (C=O) groups is 1. The fourth-order valence-electron chi connectivity index (χ4n) is 3.02. The summed E-state index contributed by atoms with van der Waals surface area (Å²) in [5, 5.41) is 13.0. The maximum Gasteiger partial charge on any atom is 0.357 e. The third-order valence-electron chi connectivity index (χ3n) is 4.17. The Morgan fingerprint density at radius 1 is 1.55 bits per heavy atom. The summed E-state index contributed by atoms with van der Waals surface area (Å²) < 4.78 is 4.95. The number of piperidine rings is 1. The SMILES string of the molecule is CCOC(=O)c1csc(CN2CCC(C(C)(C)C)C(O)C2)n1. The molecule has 0 spiro atoms. The molecule has 2 heterocycles. The molecule has 1 fully saturated rings. The summed E-state index contributed by atoms with van der Waals surface area (Å²) in [7, 11) is 0. The molecule has 1 aromatic rings. The van der Waals surface area contributed by atoms with E-state index in [1.54, 1.807) is 12.3 Å².